The number of hydrazone groups is 1. The van der Waals surface area contributed by atoms with Gasteiger partial charge in [-0.25, -0.2) is 19.2 Å². The van der Waals surface area contributed by atoms with Gasteiger partial charge in [0.25, 0.3) is 5.56 Å². The highest BCUT2D eigenvalue weighted by molar-refractivity contribution is 5.99. The molecule has 0 saturated heterocycles. The number of hydrogen-bond acceptors (Lipinski definition) is 5. The second kappa shape index (κ2) is 9.38. The summed E-state index contributed by atoms with van der Waals surface area (Å²) in [6.45, 7) is 4.93. The average molecular weight is 400 g/mol. The molecule has 0 aliphatic heterocycles. The third-order valence-corrected chi connectivity index (χ3v) is 4.38. The van der Waals surface area contributed by atoms with E-state index in [9.17, 15) is 13.6 Å². The van der Waals surface area contributed by atoms with Crippen LogP contribution in [0.2, 0.25) is 0 Å². The van der Waals surface area contributed by atoms with E-state index in [0.29, 0.717) is 37.1 Å². The molecule has 6 nitrogen and oxygen atoms in total. The van der Waals surface area contributed by atoms with Crippen LogP contribution in [0.3, 0.4) is 0 Å². The summed E-state index contributed by atoms with van der Waals surface area (Å²) in [6, 6.07) is 10.2. The van der Waals surface area contributed by atoms with Crippen LogP contribution in [0.25, 0.3) is 10.9 Å². The first-order valence-corrected chi connectivity index (χ1v) is 9.34. The highest BCUT2D eigenvalue weighted by Gasteiger charge is 2.12. The van der Waals surface area contributed by atoms with Crippen molar-refractivity contribution >= 4 is 22.6 Å². The Hall–Kier alpha value is -3.13. The summed E-state index contributed by atoms with van der Waals surface area (Å²) in [6.07, 6.45) is 0.615. The van der Waals surface area contributed by atoms with Crippen molar-refractivity contribution in [2.45, 2.75) is 26.8 Å². The summed E-state index contributed by atoms with van der Waals surface area (Å²) in [5.74, 6) is -0.927. The topological polar surface area (TPSA) is 68.5 Å². The Morgan fingerprint density at radius 2 is 2.03 bits per heavy atom. The lowest BCUT2D eigenvalue weighted by Crippen LogP contribution is -2.25. The number of rotatable bonds is 8. The summed E-state index contributed by atoms with van der Waals surface area (Å²) in [5, 5.41) is 4.62. The van der Waals surface area contributed by atoms with Crippen molar-refractivity contribution in [3.8, 4) is 0 Å². The molecule has 0 fully saturated rings. The second-order valence-electron chi connectivity index (χ2n) is 6.39. The SMILES string of the molecule is CCOCCCn1c(N/N=C(/C)c2cc(F)ccc2F)nc2ccccc2c1=O. The number of aromatic nitrogens is 2. The molecule has 0 spiro atoms. The van der Waals surface area contributed by atoms with Crippen molar-refractivity contribution in [3.05, 3.63) is 70.0 Å². The van der Waals surface area contributed by atoms with Crippen LogP contribution < -0.4 is 11.0 Å². The van der Waals surface area contributed by atoms with Crippen LogP contribution in [0.15, 0.2) is 52.4 Å². The van der Waals surface area contributed by atoms with Gasteiger partial charge in [-0.2, -0.15) is 5.10 Å². The minimum Gasteiger partial charge on any atom is -0.382 e. The first kappa shape index (κ1) is 20.6. The van der Waals surface area contributed by atoms with Crippen molar-refractivity contribution in [1.29, 1.82) is 0 Å². The quantitative estimate of drug-likeness (QED) is 0.353. The van der Waals surface area contributed by atoms with E-state index in [1.807, 2.05) is 6.92 Å². The fourth-order valence-electron chi connectivity index (χ4n) is 2.90. The van der Waals surface area contributed by atoms with E-state index in [0.717, 1.165) is 18.2 Å². The normalized spacial score (nSPS) is 11.8. The van der Waals surface area contributed by atoms with Gasteiger partial charge in [-0.05, 0) is 50.6 Å². The molecule has 1 heterocycles. The zero-order chi connectivity index (χ0) is 20.8. The largest absolute Gasteiger partial charge is 0.382 e. The molecular formula is C21H22F2N4O2. The van der Waals surface area contributed by atoms with Crippen LogP contribution in [0.4, 0.5) is 14.7 Å². The van der Waals surface area contributed by atoms with Crippen molar-refractivity contribution < 1.29 is 13.5 Å². The number of fused-ring (bicyclic) bond motifs is 1. The molecular weight excluding hydrogens is 378 g/mol. The first-order valence-electron chi connectivity index (χ1n) is 9.34. The van der Waals surface area contributed by atoms with Crippen LogP contribution in [0.1, 0.15) is 25.8 Å². The number of halogens is 2. The lowest BCUT2D eigenvalue weighted by Gasteiger charge is -2.13. The fourth-order valence-corrected chi connectivity index (χ4v) is 2.90. The van der Waals surface area contributed by atoms with Gasteiger partial charge in [-0.3, -0.25) is 9.36 Å². The number of ether oxygens (including phenoxy) is 1. The Morgan fingerprint density at radius 1 is 1.24 bits per heavy atom. The molecule has 0 bridgehead atoms. The van der Waals surface area contributed by atoms with E-state index in [1.165, 1.54) is 4.57 Å². The van der Waals surface area contributed by atoms with Gasteiger partial charge < -0.3 is 4.74 Å². The molecule has 3 rings (SSSR count). The summed E-state index contributed by atoms with van der Waals surface area (Å²) in [4.78, 5) is 17.4. The average Bonchev–Trinajstić information content (AvgIpc) is 2.72. The predicted octanol–water partition coefficient (Wildman–Crippen LogP) is 3.94. The molecule has 8 heteroatoms. The van der Waals surface area contributed by atoms with Crippen LogP contribution in [0, 0.1) is 11.6 Å². The monoisotopic (exact) mass is 400 g/mol. The minimum absolute atomic E-state index is 0.0310. The molecule has 1 N–H and O–H groups in total. The Bertz CT molecular complexity index is 1100. The van der Waals surface area contributed by atoms with E-state index >= 15 is 0 Å². The lowest BCUT2D eigenvalue weighted by molar-refractivity contribution is 0.141. The van der Waals surface area contributed by atoms with Gasteiger partial charge in [0.1, 0.15) is 11.6 Å². The number of benzene rings is 2. The van der Waals surface area contributed by atoms with Crippen LogP contribution in [0.5, 0.6) is 0 Å². The van der Waals surface area contributed by atoms with Crippen molar-refractivity contribution in [1.82, 2.24) is 9.55 Å². The maximum atomic E-state index is 14.0. The smallest absolute Gasteiger partial charge is 0.262 e. The maximum Gasteiger partial charge on any atom is 0.262 e. The number of anilines is 1. The Labute approximate surface area is 166 Å². The van der Waals surface area contributed by atoms with Crippen LogP contribution >= 0.6 is 0 Å². The molecule has 0 atom stereocenters. The van der Waals surface area contributed by atoms with Gasteiger partial charge in [0.15, 0.2) is 0 Å². The number of para-hydroxylation sites is 1. The molecule has 0 radical (unpaired) electrons. The Balaban J connectivity index is 1.96. The van der Waals surface area contributed by atoms with Gasteiger partial charge >= 0.3 is 0 Å². The lowest BCUT2D eigenvalue weighted by atomic mass is 10.1. The standard InChI is InChI=1S/C21H22F2N4O2/c1-3-29-12-6-11-27-20(28)16-7-4-5-8-19(16)24-21(27)26-25-14(2)17-13-15(22)9-10-18(17)23/h4-5,7-10,13H,3,6,11-12H2,1-2H3,(H,24,26)/b25-14-. The van der Waals surface area contributed by atoms with Crippen molar-refractivity contribution in [2.24, 2.45) is 5.10 Å². The Morgan fingerprint density at radius 3 is 2.83 bits per heavy atom. The van der Waals surface area contributed by atoms with Crippen LogP contribution in [-0.2, 0) is 11.3 Å². The second-order valence-corrected chi connectivity index (χ2v) is 6.39. The molecule has 152 valence electrons. The zero-order valence-corrected chi connectivity index (χ0v) is 16.3. The van der Waals surface area contributed by atoms with Gasteiger partial charge in [0.2, 0.25) is 5.95 Å². The van der Waals surface area contributed by atoms with Gasteiger partial charge in [-0.15, -0.1) is 0 Å². The maximum absolute atomic E-state index is 14.0. The minimum atomic E-state index is -0.588. The third kappa shape index (κ3) is 4.83. The molecule has 1 aromatic heterocycles. The summed E-state index contributed by atoms with van der Waals surface area (Å²) >= 11 is 0. The first-order chi connectivity index (χ1) is 14.0. The summed E-state index contributed by atoms with van der Waals surface area (Å²) < 4.78 is 34.2. The van der Waals surface area contributed by atoms with E-state index < -0.39 is 11.6 Å². The molecule has 3 aromatic rings. The Kier molecular flexibility index (Phi) is 6.66. The van der Waals surface area contributed by atoms with E-state index in [1.54, 1.807) is 31.2 Å². The molecule has 0 aliphatic carbocycles. The van der Waals surface area contributed by atoms with E-state index in [-0.39, 0.29) is 22.8 Å². The highest BCUT2D eigenvalue weighted by atomic mass is 19.1. The number of nitrogens with zero attached hydrogens (tertiary/aromatic N) is 3. The van der Waals surface area contributed by atoms with Crippen molar-refractivity contribution in [2.75, 3.05) is 18.6 Å². The molecule has 0 saturated carbocycles. The molecule has 0 unspecified atom stereocenters. The van der Waals surface area contributed by atoms with E-state index in [2.05, 4.69) is 15.5 Å². The highest BCUT2D eigenvalue weighted by Crippen LogP contribution is 2.14. The predicted molar refractivity (Wildman–Crippen MR) is 109 cm³/mol. The number of nitrogens with one attached hydrogen (secondary N) is 1. The zero-order valence-electron chi connectivity index (χ0n) is 16.3. The van der Waals surface area contributed by atoms with Gasteiger partial charge in [-0.1, -0.05) is 12.1 Å². The molecule has 0 aliphatic rings. The summed E-state index contributed by atoms with van der Waals surface area (Å²) in [5.41, 5.74) is 3.31. The van der Waals surface area contributed by atoms with Gasteiger partial charge in [0, 0.05) is 25.3 Å². The van der Waals surface area contributed by atoms with E-state index in [4.69, 9.17) is 4.74 Å². The third-order valence-electron chi connectivity index (χ3n) is 4.38. The van der Waals surface area contributed by atoms with Gasteiger partial charge in [0.05, 0.1) is 16.6 Å². The van der Waals surface area contributed by atoms with Crippen molar-refractivity contribution in [3.63, 3.8) is 0 Å². The fraction of sp³-hybridized carbons (Fsp3) is 0.286. The molecule has 29 heavy (non-hydrogen) atoms. The number of hydrogen-bond donors (Lipinski definition) is 1. The summed E-state index contributed by atoms with van der Waals surface area (Å²) in [7, 11) is 0. The molecule has 0 amide bonds. The molecule has 2 aromatic carbocycles. The van der Waals surface area contributed by atoms with Crippen LogP contribution in [-0.4, -0.2) is 28.5 Å².